The highest BCUT2D eigenvalue weighted by Gasteiger charge is 2.14. The molecule has 0 saturated heterocycles. The van der Waals surface area contributed by atoms with Crippen LogP contribution in [0.1, 0.15) is 42.4 Å². The molecule has 0 aliphatic rings. The van der Waals surface area contributed by atoms with E-state index >= 15 is 0 Å². The number of nitrogens with one attached hydrogen (secondary N) is 1. The van der Waals surface area contributed by atoms with Gasteiger partial charge >= 0.3 is 0 Å². The van der Waals surface area contributed by atoms with Crippen molar-refractivity contribution in [3.05, 3.63) is 90.0 Å². The van der Waals surface area contributed by atoms with Gasteiger partial charge in [0.05, 0.1) is 6.54 Å². The first-order chi connectivity index (χ1) is 15.4. The predicted molar refractivity (Wildman–Crippen MR) is 122 cm³/mol. The Hall–Kier alpha value is -3.94. The molecule has 4 aromatic rings. The molecule has 0 atom stereocenters. The van der Waals surface area contributed by atoms with Crippen molar-refractivity contribution in [2.75, 3.05) is 5.32 Å². The van der Waals surface area contributed by atoms with Crippen LogP contribution < -0.4 is 10.1 Å². The maximum Gasteiger partial charge on any atom is 0.278 e. The molecule has 4 rings (SSSR count). The average molecular weight is 431 g/mol. The predicted octanol–water partition coefficient (Wildman–Crippen LogP) is 4.11. The molecule has 2 aromatic carbocycles. The first-order valence-electron chi connectivity index (χ1n) is 10.4. The first-order valence-corrected chi connectivity index (χ1v) is 10.4. The van der Waals surface area contributed by atoms with Crippen LogP contribution in [0.3, 0.4) is 0 Å². The molecule has 8 heteroatoms. The Morgan fingerprint density at radius 1 is 0.969 bits per heavy atom. The van der Waals surface area contributed by atoms with Gasteiger partial charge in [0.1, 0.15) is 12.1 Å². The van der Waals surface area contributed by atoms with Gasteiger partial charge in [0.15, 0.2) is 12.4 Å². The second kappa shape index (κ2) is 9.05. The van der Waals surface area contributed by atoms with Crippen LogP contribution in [0, 0.1) is 0 Å². The zero-order valence-corrected chi connectivity index (χ0v) is 18.4. The highest BCUT2D eigenvalue weighted by atomic mass is 16.5. The molecule has 0 aliphatic heterocycles. The van der Waals surface area contributed by atoms with E-state index in [2.05, 4.69) is 53.4 Å². The number of aromatic nitrogens is 5. The van der Waals surface area contributed by atoms with Crippen LogP contribution in [0.5, 0.6) is 5.75 Å². The minimum Gasteiger partial charge on any atom is -0.471 e. The number of ether oxygens (including phenoxy) is 1. The molecule has 2 aromatic heterocycles. The fourth-order valence-corrected chi connectivity index (χ4v) is 3.11. The lowest BCUT2D eigenvalue weighted by molar-refractivity contribution is 0.101. The van der Waals surface area contributed by atoms with Crippen LogP contribution in [0.4, 0.5) is 5.95 Å². The Bertz CT molecular complexity index is 1170. The minimum absolute atomic E-state index is 0.0923. The third-order valence-electron chi connectivity index (χ3n) is 4.91. The highest BCUT2D eigenvalue weighted by molar-refractivity contribution is 6.01. The van der Waals surface area contributed by atoms with Gasteiger partial charge in [0, 0.05) is 6.20 Å². The Morgan fingerprint density at radius 2 is 1.72 bits per heavy atom. The van der Waals surface area contributed by atoms with E-state index in [1.165, 1.54) is 5.56 Å². The molecule has 164 valence electrons. The molecule has 0 radical (unpaired) electrons. The van der Waals surface area contributed by atoms with Crippen molar-refractivity contribution in [1.29, 1.82) is 0 Å². The molecular formula is C24H26N6O2. The first kappa shape index (κ1) is 21.3. The minimum atomic E-state index is -0.379. The number of benzene rings is 2. The van der Waals surface area contributed by atoms with E-state index in [1.807, 2.05) is 42.5 Å². The maximum atomic E-state index is 12.5. The van der Waals surface area contributed by atoms with E-state index < -0.39 is 0 Å². The third kappa shape index (κ3) is 5.40. The van der Waals surface area contributed by atoms with E-state index in [-0.39, 0.29) is 29.7 Å². The lowest BCUT2D eigenvalue weighted by Crippen LogP contribution is -2.15. The maximum absolute atomic E-state index is 12.5. The van der Waals surface area contributed by atoms with Gasteiger partial charge in [-0.15, -0.1) is 5.10 Å². The lowest BCUT2D eigenvalue weighted by Gasteiger charge is -2.19. The van der Waals surface area contributed by atoms with Crippen LogP contribution in [0.15, 0.2) is 73.2 Å². The van der Waals surface area contributed by atoms with Crippen molar-refractivity contribution in [2.24, 2.45) is 0 Å². The van der Waals surface area contributed by atoms with Gasteiger partial charge < -0.3 is 4.74 Å². The van der Waals surface area contributed by atoms with Gasteiger partial charge in [0.2, 0.25) is 5.95 Å². The molecule has 8 nitrogen and oxygen atoms in total. The summed E-state index contributed by atoms with van der Waals surface area (Å²) in [6, 6.07) is 19.5. The lowest BCUT2D eigenvalue weighted by atomic mass is 9.87. The smallest absolute Gasteiger partial charge is 0.278 e. The van der Waals surface area contributed by atoms with Gasteiger partial charge in [-0.25, -0.2) is 14.3 Å². The average Bonchev–Trinajstić information content (AvgIpc) is 3.42. The number of amides is 1. The largest absolute Gasteiger partial charge is 0.471 e. The Morgan fingerprint density at radius 3 is 2.44 bits per heavy atom. The monoisotopic (exact) mass is 430 g/mol. The standard InChI is InChI=1S/C24H26N6O2/c1-24(2,3)19-9-11-20(12-10-19)32-17-29-14-13-21(27-29)22(31)26-23-25-16-30(28-23)15-18-7-5-4-6-8-18/h4-14,16H,15,17H2,1-3H3,(H,26,28,31). The van der Waals surface area contributed by atoms with E-state index in [9.17, 15) is 4.79 Å². The van der Waals surface area contributed by atoms with Gasteiger partial charge in [-0.3, -0.25) is 10.1 Å². The van der Waals surface area contributed by atoms with E-state index in [4.69, 9.17) is 4.74 Å². The number of hydrogen-bond donors (Lipinski definition) is 1. The zero-order chi connectivity index (χ0) is 22.6. The van der Waals surface area contributed by atoms with Crippen molar-refractivity contribution in [3.63, 3.8) is 0 Å². The van der Waals surface area contributed by atoms with Crippen LogP contribution >= 0.6 is 0 Å². The van der Waals surface area contributed by atoms with E-state index in [1.54, 1.807) is 28.0 Å². The number of rotatable bonds is 7. The van der Waals surface area contributed by atoms with Gasteiger partial charge in [0.25, 0.3) is 5.91 Å². The summed E-state index contributed by atoms with van der Waals surface area (Å²) in [6.45, 7) is 7.28. The topological polar surface area (TPSA) is 86.9 Å². The molecule has 0 aliphatic carbocycles. The molecule has 0 unspecified atom stereocenters. The number of hydrogen-bond acceptors (Lipinski definition) is 5. The van der Waals surface area contributed by atoms with Crippen LogP contribution in [0.25, 0.3) is 0 Å². The normalized spacial score (nSPS) is 11.3. The SMILES string of the molecule is CC(C)(C)c1ccc(OCn2ccc(C(=O)Nc3ncn(Cc4ccccc4)n3)n2)cc1. The fourth-order valence-electron chi connectivity index (χ4n) is 3.11. The summed E-state index contributed by atoms with van der Waals surface area (Å²) >= 11 is 0. The molecule has 0 spiro atoms. The Balaban J connectivity index is 1.31. The quantitative estimate of drug-likeness (QED) is 0.477. The molecule has 1 N–H and O–H groups in total. The summed E-state index contributed by atoms with van der Waals surface area (Å²) in [5.74, 6) is 0.596. The summed E-state index contributed by atoms with van der Waals surface area (Å²) in [5, 5.41) is 11.2. The summed E-state index contributed by atoms with van der Waals surface area (Å²) in [7, 11) is 0. The van der Waals surface area contributed by atoms with Crippen LogP contribution in [-0.4, -0.2) is 30.5 Å². The molecule has 32 heavy (non-hydrogen) atoms. The molecule has 2 heterocycles. The second-order valence-corrected chi connectivity index (χ2v) is 8.49. The number of carbonyl (C=O) groups is 1. The van der Waals surface area contributed by atoms with Gasteiger partial charge in [-0.2, -0.15) is 5.10 Å². The second-order valence-electron chi connectivity index (χ2n) is 8.49. The highest BCUT2D eigenvalue weighted by Crippen LogP contribution is 2.24. The number of anilines is 1. The Labute approximate surface area is 186 Å². The zero-order valence-electron chi connectivity index (χ0n) is 18.4. The Kier molecular flexibility index (Phi) is 6.02. The molecule has 0 bridgehead atoms. The molecular weight excluding hydrogens is 404 g/mol. The van der Waals surface area contributed by atoms with Crippen molar-refractivity contribution in [1.82, 2.24) is 24.5 Å². The third-order valence-corrected chi connectivity index (χ3v) is 4.91. The van der Waals surface area contributed by atoms with Crippen molar-refractivity contribution in [2.45, 2.75) is 39.5 Å². The van der Waals surface area contributed by atoms with Crippen LogP contribution in [-0.2, 0) is 18.7 Å². The molecule has 1 amide bonds. The van der Waals surface area contributed by atoms with Gasteiger partial charge in [-0.05, 0) is 34.7 Å². The molecule has 0 fully saturated rings. The van der Waals surface area contributed by atoms with Crippen LogP contribution in [0.2, 0.25) is 0 Å². The number of carbonyl (C=O) groups excluding carboxylic acids is 1. The van der Waals surface area contributed by atoms with Crippen molar-refractivity contribution in [3.8, 4) is 5.75 Å². The van der Waals surface area contributed by atoms with Crippen molar-refractivity contribution < 1.29 is 9.53 Å². The summed E-state index contributed by atoms with van der Waals surface area (Å²) in [4.78, 5) is 16.6. The summed E-state index contributed by atoms with van der Waals surface area (Å²) in [5.41, 5.74) is 2.69. The van der Waals surface area contributed by atoms with E-state index in [0.29, 0.717) is 6.54 Å². The fraction of sp³-hybridized carbons (Fsp3) is 0.250. The summed E-state index contributed by atoms with van der Waals surface area (Å²) < 4.78 is 9.00. The molecule has 0 saturated carbocycles. The number of nitrogens with zero attached hydrogens (tertiary/aromatic N) is 5. The summed E-state index contributed by atoms with van der Waals surface area (Å²) in [6.07, 6.45) is 3.28. The van der Waals surface area contributed by atoms with Gasteiger partial charge in [-0.1, -0.05) is 63.2 Å². The van der Waals surface area contributed by atoms with E-state index in [0.717, 1.165) is 11.3 Å². The van der Waals surface area contributed by atoms with Crippen molar-refractivity contribution >= 4 is 11.9 Å².